The average molecular weight is 478 g/mol. The summed E-state index contributed by atoms with van der Waals surface area (Å²) in [5.41, 5.74) is 0.127. The van der Waals surface area contributed by atoms with E-state index in [0.29, 0.717) is 25.7 Å². The van der Waals surface area contributed by atoms with Gasteiger partial charge in [0.1, 0.15) is 24.8 Å². The zero-order chi connectivity index (χ0) is 25.3. The van der Waals surface area contributed by atoms with Crippen LogP contribution in [0, 0.1) is 5.92 Å². The number of hydrogen-bond donors (Lipinski definition) is 3. The van der Waals surface area contributed by atoms with Crippen molar-refractivity contribution < 1.29 is 33.8 Å². The van der Waals surface area contributed by atoms with Crippen LogP contribution in [0.1, 0.15) is 52.0 Å². The number of aliphatic carboxylic acids is 1. The van der Waals surface area contributed by atoms with Gasteiger partial charge in [-0.25, -0.2) is 14.4 Å². The van der Waals surface area contributed by atoms with Crippen molar-refractivity contribution in [1.82, 2.24) is 15.5 Å². The molecular weight excluding hydrogens is 442 g/mol. The third-order valence-corrected chi connectivity index (χ3v) is 5.44. The first-order valence-corrected chi connectivity index (χ1v) is 11.4. The highest BCUT2D eigenvalue weighted by atomic mass is 16.6. The minimum absolute atomic E-state index is 0.123. The van der Waals surface area contributed by atoms with Crippen molar-refractivity contribution in [3.63, 3.8) is 0 Å². The normalized spacial score (nSPS) is 18.8. The van der Waals surface area contributed by atoms with Gasteiger partial charge in [0.2, 0.25) is 5.91 Å². The quantitative estimate of drug-likeness (QED) is 0.524. The van der Waals surface area contributed by atoms with Crippen LogP contribution in [0.2, 0.25) is 0 Å². The Kier molecular flexibility index (Phi) is 9.70. The van der Waals surface area contributed by atoms with Crippen LogP contribution in [-0.2, 0) is 25.7 Å². The molecule has 34 heavy (non-hydrogen) atoms. The molecule has 188 valence electrons. The van der Waals surface area contributed by atoms with Crippen molar-refractivity contribution in [2.75, 3.05) is 13.6 Å². The molecule has 3 N–H and O–H groups in total. The highest BCUT2D eigenvalue weighted by Crippen LogP contribution is 2.27. The first-order valence-electron chi connectivity index (χ1n) is 11.4. The number of nitrogens with zero attached hydrogens (tertiary/aromatic N) is 1. The Morgan fingerprint density at radius 2 is 1.71 bits per heavy atom. The van der Waals surface area contributed by atoms with Gasteiger partial charge in [-0.15, -0.1) is 0 Å². The van der Waals surface area contributed by atoms with Gasteiger partial charge in [-0.05, 0) is 57.9 Å². The van der Waals surface area contributed by atoms with E-state index in [1.54, 1.807) is 20.8 Å². The molecule has 1 aliphatic carbocycles. The summed E-state index contributed by atoms with van der Waals surface area (Å²) in [6.07, 6.45) is 0.813. The molecular formula is C24H35N3O7. The molecule has 2 rings (SSSR count). The lowest BCUT2D eigenvalue weighted by Crippen LogP contribution is -2.50. The second kappa shape index (κ2) is 12.2. The molecule has 0 bridgehead atoms. The number of carboxylic acids is 1. The molecule has 0 aliphatic heterocycles. The van der Waals surface area contributed by atoms with Gasteiger partial charge >= 0.3 is 18.2 Å². The molecule has 1 atom stereocenters. The van der Waals surface area contributed by atoms with E-state index >= 15 is 0 Å². The summed E-state index contributed by atoms with van der Waals surface area (Å²) in [7, 11) is 1.49. The Bertz CT molecular complexity index is 846. The molecule has 1 unspecified atom stereocenters. The molecule has 1 aromatic carbocycles. The summed E-state index contributed by atoms with van der Waals surface area (Å²) >= 11 is 0. The second-order valence-corrected chi connectivity index (χ2v) is 9.54. The van der Waals surface area contributed by atoms with E-state index in [-0.39, 0.29) is 31.0 Å². The summed E-state index contributed by atoms with van der Waals surface area (Å²) in [6, 6.07) is 8.06. The van der Waals surface area contributed by atoms with Crippen molar-refractivity contribution in [2.24, 2.45) is 5.92 Å². The molecule has 0 saturated heterocycles. The largest absolute Gasteiger partial charge is 0.480 e. The lowest BCUT2D eigenvalue weighted by Gasteiger charge is -2.33. The molecule has 1 fully saturated rings. The number of carboxylic acid groups (broad SMARTS) is 1. The number of likely N-dealkylation sites (N-methyl/N-ethyl adjacent to an activating group) is 1. The van der Waals surface area contributed by atoms with E-state index in [4.69, 9.17) is 9.47 Å². The summed E-state index contributed by atoms with van der Waals surface area (Å²) in [4.78, 5) is 49.4. The SMILES string of the molecule is CN(CC(=O)NC1CCC(C(NC(=O)OC(C)(C)C)C(=O)O)CC1)C(=O)OCc1ccccc1. The molecule has 0 radical (unpaired) electrons. The summed E-state index contributed by atoms with van der Waals surface area (Å²) in [5, 5.41) is 14.9. The van der Waals surface area contributed by atoms with Gasteiger partial charge in [-0.3, -0.25) is 4.79 Å². The van der Waals surface area contributed by atoms with Crippen molar-refractivity contribution in [3.8, 4) is 0 Å². The number of carbonyl (C=O) groups is 4. The molecule has 10 nitrogen and oxygen atoms in total. The standard InChI is InChI=1S/C24H35N3O7/c1-24(2,3)34-22(31)26-20(21(29)30)17-10-12-18(13-11-17)25-19(28)14-27(4)23(32)33-15-16-8-6-5-7-9-16/h5-9,17-18,20H,10-15H2,1-4H3,(H,25,28)(H,26,31)(H,29,30). The summed E-state index contributed by atoms with van der Waals surface area (Å²) < 4.78 is 10.4. The Morgan fingerprint density at radius 1 is 1.09 bits per heavy atom. The molecule has 0 aromatic heterocycles. The summed E-state index contributed by atoms with van der Waals surface area (Å²) in [6.45, 7) is 5.09. The van der Waals surface area contributed by atoms with Crippen LogP contribution < -0.4 is 10.6 Å². The predicted molar refractivity (Wildman–Crippen MR) is 124 cm³/mol. The number of benzene rings is 1. The van der Waals surface area contributed by atoms with E-state index in [1.165, 1.54) is 11.9 Å². The number of alkyl carbamates (subject to hydrolysis) is 1. The van der Waals surface area contributed by atoms with Crippen LogP contribution in [0.4, 0.5) is 9.59 Å². The Hall–Kier alpha value is -3.30. The van der Waals surface area contributed by atoms with Gasteiger partial charge in [-0.1, -0.05) is 30.3 Å². The lowest BCUT2D eigenvalue weighted by molar-refractivity contribution is -0.141. The molecule has 10 heteroatoms. The van der Waals surface area contributed by atoms with Crippen molar-refractivity contribution in [1.29, 1.82) is 0 Å². The van der Waals surface area contributed by atoms with Gasteiger partial charge in [0.05, 0.1) is 0 Å². The van der Waals surface area contributed by atoms with Gasteiger partial charge in [-0.2, -0.15) is 0 Å². The monoisotopic (exact) mass is 477 g/mol. The zero-order valence-electron chi connectivity index (χ0n) is 20.2. The predicted octanol–water partition coefficient (Wildman–Crippen LogP) is 2.91. The van der Waals surface area contributed by atoms with Crippen molar-refractivity contribution in [3.05, 3.63) is 35.9 Å². The van der Waals surface area contributed by atoms with E-state index < -0.39 is 29.8 Å². The number of nitrogens with one attached hydrogen (secondary N) is 2. The smallest absolute Gasteiger partial charge is 0.410 e. The maximum absolute atomic E-state index is 12.4. The number of ether oxygens (including phenoxy) is 2. The number of rotatable bonds is 8. The maximum Gasteiger partial charge on any atom is 0.410 e. The van der Waals surface area contributed by atoms with Crippen LogP contribution in [0.5, 0.6) is 0 Å². The maximum atomic E-state index is 12.4. The lowest BCUT2D eigenvalue weighted by atomic mass is 9.81. The third kappa shape index (κ3) is 9.29. The average Bonchev–Trinajstić information content (AvgIpc) is 2.75. The molecule has 0 spiro atoms. The highest BCUT2D eigenvalue weighted by Gasteiger charge is 2.34. The van der Waals surface area contributed by atoms with Gasteiger partial charge in [0.25, 0.3) is 0 Å². The fourth-order valence-electron chi connectivity index (χ4n) is 3.80. The topological polar surface area (TPSA) is 134 Å². The van der Waals surface area contributed by atoms with Crippen LogP contribution in [0.15, 0.2) is 30.3 Å². The van der Waals surface area contributed by atoms with Gasteiger partial charge in [0, 0.05) is 13.1 Å². The zero-order valence-corrected chi connectivity index (χ0v) is 20.2. The summed E-state index contributed by atoms with van der Waals surface area (Å²) in [5.74, 6) is -1.70. The number of hydrogen-bond acceptors (Lipinski definition) is 6. The molecule has 0 heterocycles. The van der Waals surface area contributed by atoms with E-state index in [9.17, 15) is 24.3 Å². The number of carbonyl (C=O) groups excluding carboxylic acids is 3. The van der Waals surface area contributed by atoms with Crippen LogP contribution in [0.25, 0.3) is 0 Å². The Morgan fingerprint density at radius 3 is 2.26 bits per heavy atom. The van der Waals surface area contributed by atoms with E-state index in [1.807, 2.05) is 30.3 Å². The van der Waals surface area contributed by atoms with Crippen molar-refractivity contribution in [2.45, 2.75) is 70.7 Å². The van der Waals surface area contributed by atoms with Crippen LogP contribution >= 0.6 is 0 Å². The third-order valence-electron chi connectivity index (χ3n) is 5.44. The van der Waals surface area contributed by atoms with E-state index in [0.717, 1.165) is 5.56 Å². The molecule has 1 aromatic rings. The fourth-order valence-corrected chi connectivity index (χ4v) is 3.80. The molecule has 1 aliphatic rings. The minimum atomic E-state index is -1.12. The minimum Gasteiger partial charge on any atom is -0.480 e. The van der Waals surface area contributed by atoms with Gasteiger partial charge < -0.3 is 30.1 Å². The van der Waals surface area contributed by atoms with Gasteiger partial charge in [0.15, 0.2) is 0 Å². The number of amides is 3. The highest BCUT2D eigenvalue weighted by molar-refractivity contribution is 5.82. The Labute approximate surface area is 200 Å². The first-order chi connectivity index (χ1) is 15.9. The molecule has 3 amide bonds. The van der Waals surface area contributed by atoms with Crippen LogP contribution in [0.3, 0.4) is 0 Å². The van der Waals surface area contributed by atoms with Crippen molar-refractivity contribution >= 4 is 24.1 Å². The first kappa shape index (κ1) is 26.9. The molecule has 1 saturated carbocycles. The fraction of sp³-hybridized carbons (Fsp3) is 0.583. The second-order valence-electron chi connectivity index (χ2n) is 9.54. The Balaban J connectivity index is 1.75. The van der Waals surface area contributed by atoms with E-state index in [2.05, 4.69) is 10.6 Å². The van der Waals surface area contributed by atoms with Crippen LogP contribution in [-0.4, -0.2) is 65.3 Å².